The Morgan fingerprint density at radius 1 is 1.29 bits per heavy atom. The molecule has 0 aromatic heterocycles. The first-order chi connectivity index (χ1) is 9.63. The van der Waals surface area contributed by atoms with Gasteiger partial charge in [-0.2, -0.15) is 0 Å². The van der Waals surface area contributed by atoms with Crippen molar-refractivity contribution in [3.8, 4) is 0 Å². The predicted molar refractivity (Wildman–Crippen MR) is 88.8 cm³/mol. The van der Waals surface area contributed by atoms with Gasteiger partial charge < -0.3 is 4.90 Å². The summed E-state index contributed by atoms with van der Waals surface area (Å²) < 4.78 is 0. The van der Waals surface area contributed by atoms with Gasteiger partial charge in [-0.3, -0.25) is 10.2 Å². The third kappa shape index (κ3) is 6.66. The van der Waals surface area contributed by atoms with Gasteiger partial charge >= 0.3 is 0 Å². The monoisotopic (exact) mass is 331 g/mol. The zero-order chi connectivity index (χ0) is 14.4. The number of rotatable bonds is 4. The largest absolute Gasteiger partial charge is 0.306 e. The van der Waals surface area contributed by atoms with Crippen molar-refractivity contribution in [2.45, 2.75) is 31.7 Å². The molecule has 1 aliphatic heterocycles. The molecule has 4 nitrogen and oxygen atoms in total. The molecule has 0 radical (unpaired) electrons. The van der Waals surface area contributed by atoms with Gasteiger partial charge in [0.25, 0.3) is 0 Å². The number of carbonyl (C=O) groups is 1. The second-order valence-corrected chi connectivity index (χ2v) is 5.86. The van der Waals surface area contributed by atoms with E-state index in [9.17, 15) is 4.79 Å². The van der Waals surface area contributed by atoms with Gasteiger partial charge in [0, 0.05) is 11.1 Å². The highest BCUT2D eigenvalue weighted by Gasteiger charge is 2.15. The Labute approximate surface area is 137 Å². The summed E-state index contributed by atoms with van der Waals surface area (Å²) in [5.41, 5.74) is 6.95. The summed E-state index contributed by atoms with van der Waals surface area (Å²) in [4.78, 5) is 14.2. The number of likely N-dealkylation sites (tertiary alicyclic amines) is 1. The number of carbonyl (C=O) groups excluding carboxylic acids is 1. The Morgan fingerprint density at radius 2 is 2.00 bits per heavy atom. The minimum atomic E-state index is -0.00933. The number of hydrazine groups is 1. The number of benzene rings is 1. The molecule has 1 heterocycles. The van der Waals surface area contributed by atoms with E-state index in [-0.39, 0.29) is 18.3 Å². The SMILES string of the molecule is CN1CCCC(NNC(=O)Cc2ccc(Cl)cc2)CC1.Cl. The van der Waals surface area contributed by atoms with Crippen LogP contribution in [0.1, 0.15) is 24.8 Å². The van der Waals surface area contributed by atoms with Crippen molar-refractivity contribution in [2.75, 3.05) is 20.1 Å². The molecule has 0 spiro atoms. The lowest BCUT2D eigenvalue weighted by atomic mass is 10.1. The van der Waals surface area contributed by atoms with Gasteiger partial charge in [0.2, 0.25) is 5.91 Å². The van der Waals surface area contributed by atoms with Crippen LogP contribution in [0.4, 0.5) is 0 Å². The Morgan fingerprint density at radius 3 is 2.71 bits per heavy atom. The van der Waals surface area contributed by atoms with Crippen LogP contribution in [0.2, 0.25) is 5.02 Å². The minimum Gasteiger partial charge on any atom is -0.306 e. The summed E-state index contributed by atoms with van der Waals surface area (Å²) in [6, 6.07) is 7.73. The molecule has 6 heteroatoms. The number of nitrogens with one attached hydrogen (secondary N) is 2. The Kier molecular flexibility index (Phi) is 8.04. The van der Waals surface area contributed by atoms with Crippen LogP contribution in [0.3, 0.4) is 0 Å². The van der Waals surface area contributed by atoms with E-state index >= 15 is 0 Å². The zero-order valence-electron chi connectivity index (χ0n) is 12.3. The third-order valence-corrected chi connectivity index (χ3v) is 3.90. The Hall–Kier alpha value is -0.810. The molecule has 1 amide bonds. The Bertz CT molecular complexity index is 439. The summed E-state index contributed by atoms with van der Waals surface area (Å²) in [6.07, 6.45) is 3.71. The summed E-state index contributed by atoms with van der Waals surface area (Å²) in [5.74, 6) is -0.00933. The quantitative estimate of drug-likeness (QED) is 0.833. The van der Waals surface area contributed by atoms with Gasteiger partial charge in [0.05, 0.1) is 6.42 Å². The van der Waals surface area contributed by atoms with Crippen LogP contribution in [0.15, 0.2) is 24.3 Å². The molecule has 1 atom stereocenters. The summed E-state index contributed by atoms with van der Waals surface area (Å²) in [7, 11) is 2.14. The predicted octanol–water partition coefficient (Wildman–Crippen LogP) is 2.41. The number of nitrogens with zero attached hydrogens (tertiary/aromatic N) is 1. The van der Waals surface area contributed by atoms with Crippen LogP contribution in [0, 0.1) is 0 Å². The molecule has 0 saturated carbocycles. The van der Waals surface area contributed by atoms with Crippen molar-refractivity contribution in [3.05, 3.63) is 34.9 Å². The van der Waals surface area contributed by atoms with Gasteiger partial charge in [0.15, 0.2) is 0 Å². The van der Waals surface area contributed by atoms with Gasteiger partial charge in [-0.25, -0.2) is 5.43 Å². The van der Waals surface area contributed by atoms with Crippen molar-refractivity contribution in [1.29, 1.82) is 0 Å². The fourth-order valence-corrected chi connectivity index (χ4v) is 2.52. The van der Waals surface area contributed by atoms with Crippen molar-refractivity contribution < 1.29 is 4.79 Å². The highest BCUT2D eigenvalue weighted by molar-refractivity contribution is 6.30. The molecule has 1 aliphatic rings. The smallest absolute Gasteiger partial charge is 0.238 e. The Balaban J connectivity index is 0.00000220. The highest BCUT2D eigenvalue weighted by atomic mass is 35.5. The number of hydrogen-bond acceptors (Lipinski definition) is 3. The van der Waals surface area contributed by atoms with Gasteiger partial charge in [-0.05, 0) is 57.1 Å². The molecule has 1 aromatic carbocycles. The lowest BCUT2D eigenvalue weighted by Gasteiger charge is -2.17. The van der Waals surface area contributed by atoms with Crippen LogP contribution in [0.25, 0.3) is 0 Å². The van der Waals surface area contributed by atoms with Crippen molar-refractivity contribution in [3.63, 3.8) is 0 Å². The van der Waals surface area contributed by atoms with E-state index in [2.05, 4.69) is 22.8 Å². The van der Waals surface area contributed by atoms with E-state index in [0.717, 1.165) is 31.5 Å². The normalized spacial score (nSPS) is 19.4. The van der Waals surface area contributed by atoms with Gasteiger partial charge in [-0.15, -0.1) is 12.4 Å². The fourth-order valence-electron chi connectivity index (χ4n) is 2.40. The zero-order valence-corrected chi connectivity index (χ0v) is 13.8. The molecule has 21 heavy (non-hydrogen) atoms. The van der Waals surface area contributed by atoms with E-state index in [1.165, 1.54) is 6.42 Å². The lowest BCUT2D eigenvalue weighted by Crippen LogP contribution is -2.45. The average Bonchev–Trinajstić information content (AvgIpc) is 2.64. The van der Waals surface area contributed by atoms with Crippen LogP contribution >= 0.6 is 24.0 Å². The average molecular weight is 332 g/mol. The van der Waals surface area contributed by atoms with Crippen LogP contribution in [-0.2, 0) is 11.2 Å². The molecule has 1 fully saturated rings. The molecule has 2 N–H and O–H groups in total. The second kappa shape index (κ2) is 9.26. The maximum absolute atomic E-state index is 11.9. The molecule has 1 unspecified atom stereocenters. The van der Waals surface area contributed by atoms with Crippen molar-refractivity contribution in [1.82, 2.24) is 15.8 Å². The lowest BCUT2D eigenvalue weighted by molar-refractivity contribution is -0.121. The maximum Gasteiger partial charge on any atom is 0.238 e. The van der Waals surface area contributed by atoms with E-state index < -0.39 is 0 Å². The first-order valence-electron chi connectivity index (χ1n) is 7.11. The molecule has 0 bridgehead atoms. The summed E-state index contributed by atoms with van der Waals surface area (Å²) in [5, 5.41) is 0.690. The molecule has 0 aliphatic carbocycles. The number of hydrogen-bond donors (Lipinski definition) is 2. The van der Waals surface area contributed by atoms with Gasteiger partial charge in [-0.1, -0.05) is 23.7 Å². The number of halogens is 2. The summed E-state index contributed by atoms with van der Waals surface area (Å²) >= 11 is 5.82. The van der Waals surface area contributed by atoms with Crippen molar-refractivity contribution >= 4 is 29.9 Å². The van der Waals surface area contributed by atoms with Gasteiger partial charge in [0.1, 0.15) is 0 Å². The van der Waals surface area contributed by atoms with Crippen LogP contribution < -0.4 is 10.9 Å². The topological polar surface area (TPSA) is 44.4 Å². The maximum atomic E-state index is 11.9. The standard InChI is InChI=1S/C15H22ClN3O.ClH/c1-19-9-2-3-14(8-10-19)17-18-15(20)11-12-4-6-13(16)7-5-12;/h4-7,14,17H,2-3,8-11H2,1H3,(H,18,20);1H. The highest BCUT2D eigenvalue weighted by Crippen LogP contribution is 2.10. The molecule has 2 rings (SSSR count). The van der Waals surface area contributed by atoms with E-state index in [1.807, 2.05) is 12.1 Å². The van der Waals surface area contributed by atoms with Crippen molar-refractivity contribution in [2.24, 2.45) is 0 Å². The van der Waals surface area contributed by atoms with Crippen LogP contribution in [0.5, 0.6) is 0 Å². The number of amides is 1. The minimum absolute atomic E-state index is 0. The fraction of sp³-hybridized carbons (Fsp3) is 0.533. The third-order valence-electron chi connectivity index (χ3n) is 3.65. The van der Waals surface area contributed by atoms with E-state index in [4.69, 9.17) is 11.6 Å². The first-order valence-corrected chi connectivity index (χ1v) is 7.48. The van der Waals surface area contributed by atoms with E-state index in [0.29, 0.717) is 17.5 Å². The first kappa shape index (κ1) is 18.2. The molecule has 1 aromatic rings. The van der Waals surface area contributed by atoms with Crippen LogP contribution in [-0.4, -0.2) is 37.0 Å². The summed E-state index contributed by atoms with van der Waals surface area (Å²) in [6.45, 7) is 2.21. The molecule has 118 valence electrons. The van der Waals surface area contributed by atoms with E-state index in [1.54, 1.807) is 12.1 Å². The molecular weight excluding hydrogens is 309 g/mol. The molecule has 1 saturated heterocycles. The molecular formula is C15H23Cl2N3O. The second-order valence-electron chi connectivity index (χ2n) is 5.43.